The van der Waals surface area contributed by atoms with Crippen LogP contribution in [0.25, 0.3) is 0 Å². The number of likely N-dealkylation sites (N-methyl/N-ethyl adjacent to an activating group) is 1. The molecule has 1 saturated heterocycles. The zero-order valence-corrected chi connectivity index (χ0v) is 15.0. The van der Waals surface area contributed by atoms with E-state index in [2.05, 4.69) is 10.3 Å². The van der Waals surface area contributed by atoms with E-state index in [0.29, 0.717) is 24.9 Å². The first-order valence-corrected chi connectivity index (χ1v) is 9.28. The molecule has 5 nitrogen and oxygen atoms in total. The summed E-state index contributed by atoms with van der Waals surface area (Å²) in [6, 6.07) is 13.5. The van der Waals surface area contributed by atoms with Crippen LogP contribution >= 0.6 is 11.8 Å². The number of carbonyl (C=O) groups is 2. The van der Waals surface area contributed by atoms with Gasteiger partial charge in [0.1, 0.15) is 0 Å². The number of amides is 2. The van der Waals surface area contributed by atoms with Gasteiger partial charge in [-0.15, -0.1) is 11.8 Å². The van der Waals surface area contributed by atoms with Crippen molar-refractivity contribution in [1.82, 2.24) is 15.2 Å². The van der Waals surface area contributed by atoms with E-state index < -0.39 is 0 Å². The van der Waals surface area contributed by atoms with Crippen molar-refractivity contribution in [3.05, 3.63) is 59.8 Å². The average Bonchev–Trinajstić information content (AvgIpc) is 2.64. The molecule has 1 fully saturated rings. The van der Waals surface area contributed by atoms with E-state index in [1.807, 2.05) is 42.5 Å². The lowest BCUT2D eigenvalue weighted by atomic mass is 10.0. The summed E-state index contributed by atoms with van der Waals surface area (Å²) < 4.78 is 0. The van der Waals surface area contributed by atoms with Crippen LogP contribution in [0, 0.1) is 0 Å². The molecule has 1 atom stereocenters. The molecule has 2 amide bonds. The van der Waals surface area contributed by atoms with Crippen LogP contribution in [-0.2, 0) is 10.5 Å². The van der Waals surface area contributed by atoms with E-state index >= 15 is 0 Å². The number of hydrogen-bond acceptors (Lipinski definition) is 4. The second-order valence-electron chi connectivity index (χ2n) is 6.14. The van der Waals surface area contributed by atoms with Gasteiger partial charge in [-0.05, 0) is 36.2 Å². The molecule has 0 aliphatic carbocycles. The normalized spacial score (nSPS) is 17.4. The Labute approximate surface area is 151 Å². The highest BCUT2D eigenvalue weighted by Gasteiger charge is 2.24. The number of thioether (sulfide) groups is 1. The number of rotatable bonds is 5. The summed E-state index contributed by atoms with van der Waals surface area (Å²) >= 11 is 1.67. The Morgan fingerprint density at radius 2 is 2.08 bits per heavy atom. The van der Waals surface area contributed by atoms with Crippen molar-refractivity contribution < 1.29 is 9.59 Å². The van der Waals surface area contributed by atoms with Gasteiger partial charge in [-0.3, -0.25) is 9.59 Å². The Morgan fingerprint density at radius 3 is 2.76 bits per heavy atom. The first-order valence-electron chi connectivity index (χ1n) is 8.29. The van der Waals surface area contributed by atoms with Gasteiger partial charge in [0, 0.05) is 43.6 Å². The fraction of sp³-hybridized carbons (Fsp3) is 0.316. The van der Waals surface area contributed by atoms with Crippen LogP contribution in [-0.4, -0.2) is 41.3 Å². The molecule has 1 aromatic carbocycles. The number of piperidine rings is 1. The maximum Gasteiger partial charge on any atom is 0.251 e. The van der Waals surface area contributed by atoms with Gasteiger partial charge in [0.15, 0.2) is 0 Å². The highest BCUT2D eigenvalue weighted by molar-refractivity contribution is 7.98. The molecule has 1 aliphatic rings. The Kier molecular flexibility index (Phi) is 5.71. The predicted molar refractivity (Wildman–Crippen MR) is 98.4 cm³/mol. The number of benzene rings is 1. The minimum Gasteiger partial charge on any atom is -0.348 e. The molecule has 3 rings (SSSR count). The maximum absolute atomic E-state index is 12.4. The summed E-state index contributed by atoms with van der Waals surface area (Å²) in [5.41, 5.74) is 1.79. The minimum absolute atomic E-state index is 0.0228. The third-order valence-corrected chi connectivity index (χ3v) is 5.22. The molecule has 1 N–H and O–H groups in total. The van der Waals surface area contributed by atoms with Crippen LogP contribution < -0.4 is 5.32 Å². The van der Waals surface area contributed by atoms with Gasteiger partial charge < -0.3 is 10.2 Å². The lowest BCUT2D eigenvalue weighted by Crippen LogP contribution is -2.48. The zero-order chi connectivity index (χ0) is 17.6. The van der Waals surface area contributed by atoms with Crippen molar-refractivity contribution in [1.29, 1.82) is 0 Å². The molecule has 2 heterocycles. The fourth-order valence-corrected chi connectivity index (χ4v) is 3.56. The summed E-state index contributed by atoms with van der Waals surface area (Å²) in [5, 5.41) is 4.00. The lowest BCUT2D eigenvalue weighted by Gasteiger charge is -2.30. The van der Waals surface area contributed by atoms with Crippen LogP contribution in [0.4, 0.5) is 0 Å². The molecule has 1 aromatic heterocycles. The van der Waals surface area contributed by atoms with Crippen LogP contribution in [0.2, 0.25) is 0 Å². The molecule has 0 radical (unpaired) electrons. The summed E-state index contributed by atoms with van der Waals surface area (Å²) in [4.78, 5) is 29.8. The van der Waals surface area contributed by atoms with Gasteiger partial charge >= 0.3 is 0 Å². The van der Waals surface area contributed by atoms with Crippen LogP contribution in [0.15, 0.2) is 53.7 Å². The average molecular weight is 355 g/mol. The molecule has 2 aromatic rings. The second kappa shape index (κ2) is 8.16. The number of pyridine rings is 1. The highest BCUT2D eigenvalue weighted by atomic mass is 32.2. The number of likely N-dealkylation sites (tertiary alicyclic amines) is 1. The summed E-state index contributed by atoms with van der Waals surface area (Å²) in [5.74, 6) is 0.867. The van der Waals surface area contributed by atoms with E-state index in [9.17, 15) is 9.59 Å². The van der Waals surface area contributed by atoms with Crippen LogP contribution in [0.5, 0.6) is 0 Å². The van der Waals surface area contributed by atoms with E-state index in [1.54, 1.807) is 29.9 Å². The van der Waals surface area contributed by atoms with E-state index in [4.69, 9.17) is 0 Å². The molecule has 0 saturated carbocycles. The summed E-state index contributed by atoms with van der Waals surface area (Å²) in [7, 11) is 1.77. The van der Waals surface area contributed by atoms with Gasteiger partial charge in [0.2, 0.25) is 5.91 Å². The number of hydrogen-bond donors (Lipinski definition) is 1. The van der Waals surface area contributed by atoms with Gasteiger partial charge in [0.25, 0.3) is 5.91 Å². The Balaban J connectivity index is 1.53. The Hall–Kier alpha value is -2.34. The number of nitrogens with zero attached hydrogens (tertiary/aromatic N) is 2. The van der Waals surface area contributed by atoms with Crippen molar-refractivity contribution in [3.63, 3.8) is 0 Å². The first-order chi connectivity index (χ1) is 12.1. The maximum atomic E-state index is 12.4. The quantitative estimate of drug-likeness (QED) is 0.838. The molecule has 6 heteroatoms. The monoisotopic (exact) mass is 355 g/mol. The fourth-order valence-electron chi connectivity index (χ4n) is 2.74. The molecule has 1 aliphatic heterocycles. The van der Waals surface area contributed by atoms with E-state index in [0.717, 1.165) is 16.3 Å². The highest BCUT2D eigenvalue weighted by Crippen LogP contribution is 2.20. The first kappa shape index (κ1) is 17.5. The van der Waals surface area contributed by atoms with Gasteiger partial charge in [0.05, 0.1) is 5.03 Å². The summed E-state index contributed by atoms with van der Waals surface area (Å²) in [6.07, 6.45) is 2.98. The minimum atomic E-state index is -0.0864. The second-order valence-corrected chi connectivity index (χ2v) is 7.13. The Bertz CT molecular complexity index is 734. The lowest BCUT2D eigenvalue weighted by molar-refractivity contribution is -0.132. The predicted octanol–water partition coefficient (Wildman–Crippen LogP) is 2.72. The molecule has 1 unspecified atom stereocenters. The molecular weight excluding hydrogens is 334 g/mol. The molecule has 25 heavy (non-hydrogen) atoms. The van der Waals surface area contributed by atoms with Crippen molar-refractivity contribution >= 4 is 23.6 Å². The molecule has 130 valence electrons. The number of carbonyl (C=O) groups excluding carboxylic acids is 2. The van der Waals surface area contributed by atoms with Gasteiger partial charge in [-0.1, -0.05) is 18.2 Å². The van der Waals surface area contributed by atoms with Gasteiger partial charge in [-0.2, -0.15) is 0 Å². The summed E-state index contributed by atoms with van der Waals surface area (Å²) in [6.45, 7) is 0.573. The van der Waals surface area contributed by atoms with Crippen LogP contribution in [0.3, 0.4) is 0 Å². The van der Waals surface area contributed by atoms with Crippen molar-refractivity contribution in [2.24, 2.45) is 0 Å². The topological polar surface area (TPSA) is 62.3 Å². The van der Waals surface area contributed by atoms with E-state index in [1.165, 1.54) is 0 Å². The number of aromatic nitrogens is 1. The van der Waals surface area contributed by atoms with Crippen molar-refractivity contribution in [2.45, 2.75) is 29.7 Å². The van der Waals surface area contributed by atoms with E-state index in [-0.39, 0.29) is 17.9 Å². The largest absolute Gasteiger partial charge is 0.348 e. The zero-order valence-electron chi connectivity index (χ0n) is 14.1. The molecular formula is C19H21N3O2S. The van der Waals surface area contributed by atoms with Crippen molar-refractivity contribution in [2.75, 3.05) is 13.6 Å². The van der Waals surface area contributed by atoms with Crippen LogP contribution in [0.1, 0.15) is 28.8 Å². The molecule has 0 spiro atoms. The third-order valence-electron chi connectivity index (χ3n) is 4.20. The number of nitrogens with one attached hydrogen (secondary N) is 1. The Morgan fingerprint density at radius 1 is 1.28 bits per heavy atom. The van der Waals surface area contributed by atoms with Crippen molar-refractivity contribution in [3.8, 4) is 0 Å². The smallest absolute Gasteiger partial charge is 0.251 e. The van der Waals surface area contributed by atoms with Gasteiger partial charge in [-0.25, -0.2) is 4.98 Å². The third kappa shape index (κ3) is 4.82. The standard InChI is InChI=1S/C19H21N3O2S/c1-22-12-16(9-10-18(22)23)21-19(24)15-7-5-14(6-8-15)13-25-17-4-2-3-11-20-17/h2-8,11,16H,9-10,12-13H2,1H3,(H,21,24). The SMILES string of the molecule is CN1CC(NC(=O)c2ccc(CSc3ccccn3)cc2)CCC1=O. The molecule has 0 bridgehead atoms.